The molecule has 154 valence electrons. The van der Waals surface area contributed by atoms with E-state index in [-0.39, 0.29) is 10.8 Å². The molecule has 0 atom stereocenters. The highest BCUT2D eigenvalue weighted by Gasteiger charge is 2.25. The zero-order valence-electron chi connectivity index (χ0n) is 16.4. The first-order chi connectivity index (χ1) is 14.4. The van der Waals surface area contributed by atoms with Gasteiger partial charge in [-0.2, -0.15) is 0 Å². The molecule has 3 aromatic rings. The van der Waals surface area contributed by atoms with E-state index in [4.69, 9.17) is 11.6 Å². The highest BCUT2D eigenvalue weighted by atomic mass is 35.5. The number of nitrogens with zero attached hydrogens (tertiary/aromatic N) is 1. The number of aryl methyl sites for hydroxylation is 1. The number of carbonyl (C=O) groups excluding carboxylic acids is 1. The Bertz CT molecular complexity index is 1210. The largest absolute Gasteiger partial charge is 0.308 e. The number of hydrogen-bond donors (Lipinski definition) is 1. The van der Waals surface area contributed by atoms with E-state index in [9.17, 15) is 13.2 Å². The van der Waals surface area contributed by atoms with E-state index < -0.39 is 10.0 Å². The highest BCUT2D eigenvalue weighted by molar-refractivity contribution is 7.92. The second-order valence-corrected chi connectivity index (χ2v) is 9.30. The van der Waals surface area contributed by atoms with E-state index >= 15 is 0 Å². The number of halogens is 1. The van der Waals surface area contributed by atoms with Crippen molar-refractivity contribution in [2.24, 2.45) is 0 Å². The maximum absolute atomic E-state index is 12.9. The lowest BCUT2D eigenvalue weighted by atomic mass is 10.00. The van der Waals surface area contributed by atoms with Gasteiger partial charge in [0.1, 0.15) is 0 Å². The predicted octanol–water partition coefficient (Wildman–Crippen LogP) is 5.04. The summed E-state index contributed by atoms with van der Waals surface area (Å²) in [5.74, 6) is -0.0561. The minimum atomic E-state index is -3.78. The van der Waals surface area contributed by atoms with Crippen LogP contribution in [0.4, 0.5) is 11.4 Å². The Morgan fingerprint density at radius 1 is 1.03 bits per heavy atom. The second kappa shape index (κ2) is 8.13. The molecule has 4 rings (SSSR count). The zero-order chi connectivity index (χ0) is 21.3. The Morgan fingerprint density at radius 3 is 2.57 bits per heavy atom. The summed E-state index contributed by atoms with van der Waals surface area (Å²) in [5.41, 5.74) is 3.35. The van der Waals surface area contributed by atoms with Crippen molar-refractivity contribution < 1.29 is 13.2 Å². The first kappa shape index (κ1) is 20.4. The maximum Gasteiger partial charge on any atom is 0.262 e. The van der Waals surface area contributed by atoms with Crippen molar-refractivity contribution in [3.8, 4) is 0 Å². The summed E-state index contributed by atoms with van der Waals surface area (Å²) < 4.78 is 28.4. The molecule has 0 saturated heterocycles. The van der Waals surface area contributed by atoms with E-state index in [2.05, 4.69) is 4.72 Å². The fourth-order valence-electron chi connectivity index (χ4n) is 3.70. The number of amides is 1. The molecular formula is C23H21ClN2O3S. The minimum absolute atomic E-state index is 0.0561. The van der Waals surface area contributed by atoms with E-state index in [0.717, 1.165) is 24.1 Å². The number of carbonyl (C=O) groups is 1. The molecular weight excluding hydrogens is 420 g/mol. The summed E-state index contributed by atoms with van der Waals surface area (Å²) in [5, 5.41) is 0.401. The van der Waals surface area contributed by atoms with Crippen LogP contribution >= 0.6 is 11.6 Å². The van der Waals surface area contributed by atoms with E-state index in [1.807, 2.05) is 18.2 Å². The number of hydrogen-bond acceptors (Lipinski definition) is 3. The third-order valence-corrected chi connectivity index (χ3v) is 7.16. The third-order valence-electron chi connectivity index (χ3n) is 5.22. The van der Waals surface area contributed by atoms with Crippen LogP contribution in [0.2, 0.25) is 5.02 Å². The van der Waals surface area contributed by atoms with Crippen molar-refractivity contribution in [2.45, 2.75) is 24.7 Å². The van der Waals surface area contributed by atoms with Crippen LogP contribution in [-0.2, 0) is 16.4 Å². The van der Waals surface area contributed by atoms with Crippen LogP contribution in [0.3, 0.4) is 0 Å². The Balaban J connectivity index is 1.63. The number of anilines is 2. The van der Waals surface area contributed by atoms with Crippen molar-refractivity contribution in [1.29, 1.82) is 0 Å². The molecule has 30 heavy (non-hydrogen) atoms. The molecule has 0 fully saturated rings. The van der Waals surface area contributed by atoms with Crippen LogP contribution in [0.5, 0.6) is 0 Å². The monoisotopic (exact) mass is 440 g/mol. The standard InChI is InChI=1S/C23H21ClN2O3S/c1-16-20(24)10-5-11-22(16)30(28,29)25-19-12-13-21-18(15-19)9-6-14-26(21)23(27)17-7-3-2-4-8-17/h2-5,7-8,10-13,15,25H,6,9,14H2,1H3. The third kappa shape index (κ3) is 3.93. The van der Waals surface area contributed by atoms with Gasteiger partial charge in [-0.1, -0.05) is 35.9 Å². The fraction of sp³-hybridized carbons (Fsp3) is 0.174. The maximum atomic E-state index is 12.9. The van der Waals surface area contributed by atoms with Crippen molar-refractivity contribution in [3.63, 3.8) is 0 Å². The number of rotatable bonds is 4. The van der Waals surface area contributed by atoms with E-state index in [1.165, 1.54) is 6.07 Å². The van der Waals surface area contributed by atoms with Gasteiger partial charge in [-0.25, -0.2) is 8.42 Å². The molecule has 0 saturated carbocycles. The molecule has 3 aromatic carbocycles. The van der Waals surface area contributed by atoms with Crippen LogP contribution in [0, 0.1) is 6.92 Å². The molecule has 0 aromatic heterocycles. The van der Waals surface area contributed by atoms with Crippen LogP contribution < -0.4 is 9.62 Å². The Labute approximate surface area is 181 Å². The van der Waals surface area contributed by atoms with Gasteiger partial charge in [-0.3, -0.25) is 9.52 Å². The molecule has 0 unspecified atom stereocenters. The van der Waals surface area contributed by atoms with Gasteiger partial charge in [0.15, 0.2) is 0 Å². The summed E-state index contributed by atoms with van der Waals surface area (Å²) in [7, 11) is -3.78. The van der Waals surface area contributed by atoms with Gasteiger partial charge in [0, 0.05) is 28.5 Å². The molecule has 1 N–H and O–H groups in total. The van der Waals surface area contributed by atoms with Crippen molar-refractivity contribution in [2.75, 3.05) is 16.2 Å². The van der Waals surface area contributed by atoms with Gasteiger partial charge in [-0.05, 0) is 73.4 Å². The Kier molecular flexibility index (Phi) is 5.54. The van der Waals surface area contributed by atoms with Crippen molar-refractivity contribution in [1.82, 2.24) is 0 Å². The minimum Gasteiger partial charge on any atom is -0.308 e. The van der Waals surface area contributed by atoms with Crippen LogP contribution in [-0.4, -0.2) is 20.9 Å². The predicted molar refractivity (Wildman–Crippen MR) is 120 cm³/mol. The second-order valence-electron chi connectivity index (χ2n) is 7.24. The van der Waals surface area contributed by atoms with Gasteiger partial charge in [0.25, 0.3) is 15.9 Å². The lowest BCUT2D eigenvalue weighted by molar-refractivity contribution is 0.0985. The summed E-state index contributed by atoms with van der Waals surface area (Å²) in [4.78, 5) is 14.8. The molecule has 1 heterocycles. The quantitative estimate of drug-likeness (QED) is 0.617. The van der Waals surface area contributed by atoms with Gasteiger partial charge in [0.2, 0.25) is 0 Å². The van der Waals surface area contributed by atoms with Crippen LogP contribution in [0.25, 0.3) is 0 Å². The van der Waals surface area contributed by atoms with Gasteiger partial charge in [-0.15, -0.1) is 0 Å². The molecule has 5 nitrogen and oxygen atoms in total. The zero-order valence-corrected chi connectivity index (χ0v) is 18.0. The molecule has 7 heteroatoms. The molecule has 1 aliphatic rings. The molecule has 0 spiro atoms. The molecule has 0 aliphatic carbocycles. The van der Waals surface area contributed by atoms with Gasteiger partial charge >= 0.3 is 0 Å². The first-order valence-corrected chi connectivity index (χ1v) is 11.5. The average molecular weight is 441 g/mol. The molecule has 1 amide bonds. The molecule has 1 aliphatic heterocycles. The van der Waals surface area contributed by atoms with Crippen LogP contribution in [0.1, 0.15) is 27.9 Å². The summed E-state index contributed by atoms with van der Waals surface area (Å²) in [6.45, 7) is 2.31. The number of nitrogens with one attached hydrogen (secondary N) is 1. The van der Waals surface area contributed by atoms with Crippen LogP contribution in [0.15, 0.2) is 71.6 Å². The number of fused-ring (bicyclic) bond motifs is 1. The van der Waals surface area contributed by atoms with E-state index in [1.54, 1.807) is 54.3 Å². The lowest BCUT2D eigenvalue weighted by Crippen LogP contribution is -2.35. The van der Waals surface area contributed by atoms with Gasteiger partial charge < -0.3 is 4.90 Å². The van der Waals surface area contributed by atoms with Crippen molar-refractivity contribution >= 4 is 38.9 Å². The Hall–Kier alpha value is -2.83. The molecule has 0 radical (unpaired) electrons. The smallest absolute Gasteiger partial charge is 0.262 e. The topological polar surface area (TPSA) is 66.5 Å². The van der Waals surface area contributed by atoms with Gasteiger partial charge in [0.05, 0.1) is 4.90 Å². The SMILES string of the molecule is Cc1c(Cl)cccc1S(=O)(=O)Nc1ccc2c(c1)CCCN2C(=O)c1ccccc1. The number of sulfonamides is 1. The Morgan fingerprint density at radius 2 is 1.80 bits per heavy atom. The number of benzene rings is 3. The lowest BCUT2D eigenvalue weighted by Gasteiger charge is -2.30. The van der Waals surface area contributed by atoms with E-state index in [0.29, 0.717) is 28.4 Å². The highest BCUT2D eigenvalue weighted by Crippen LogP contribution is 2.32. The first-order valence-electron chi connectivity index (χ1n) is 9.64. The summed E-state index contributed by atoms with van der Waals surface area (Å²) >= 11 is 6.08. The van der Waals surface area contributed by atoms with Crippen molar-refractivity contribution in [3.05, 3.63) is 88.4 Å². The average Bonchev–Trinajstić information content (AvgIpc) is 2.74. The summed E-state index contributed by atoms with van der Waals surface area (Å²) in [6, 6.07) is 19.3. The molecule has 0 bridgehead atoms. The summed E-state index contributed by atoms with van der Waals surface area (Å²) in [6.07, 6.45) is 1.59. The fourth-order valence-corrected chi connectivity index (χ4v) is 5.25. The normalized spacial score (nSPS) is 13.6.